The minimum atomic E-state index is -0.187. The van der Waals surface area contributed by atoms with Crippen LogP contribution in [0.15, 0.2) is 148 Å². The third-order valence-electron chi connectivity index (χ3n) is 8.32. The van der Waals surface area contributed by atoms with Crippen molar-refractivity contribution in [2.75, 3.05) is 0 Å². The van der Waals surface area contributed by atoms with E-state index in [9.17, 15) is 9.59 Å². The molecule has 10 heteroatoms. The topological polar surface area (TPSA) is 112 Å². The zero-order valence-corrected chi connectivity index (χ0v) is 36.6. The molecule has 6 heterocycles. The van der Waals surface area contributed by atoms with Gasteiger partial charge in [-0.2, -0.15) is 0 Å². The molecule has 8 nitrogen and oxygen atoms in total. The van der Waals surface area contributed by atoms with Crippen molar-refractivity contribution in [2.45, 2.75) is 34.6 Å². The van der Waals surface area contributed by atoms with Crippen LogP contribution in [0.3, 0.4) is 0 Å². The van der Waals surface area contributed by atoms with Gasteiger partial charge in [0.05, 0.1) is 24.5 Å². The van der Waals surface area contributed by atoms with Crippen LogP contribution < -0.4 is 0 Å². The average Bonchev–Trinajstić information content (AvgIpc) is 3.97. The quantitative estimate of drug-likeness (QED) is 0.124. The zero-order chi connectivity index (χ0) is 38.7. The molecule has 0 bridgehead atoms. The van der Waals surface area contributed by atoms with E-state index in [0.717, 1.165) is 73.1 Å². The number of rotatable bonds is 5. The fourth-order valence-electron chi connectivity index (χ4n) is 5.64. The Morgan fingerprint density at radius 3 is 1.21 bits per heavy atom. The second-order valence-electron chi connectivity index (χ2n) is 12.8. The third kappa shape index (κ3) is 11.6. The number of aryl methyl sites for hydroxylation is 3. The average molecular weight is 1110 g/mol. The molecule has 0 unspecified atom stereocenters. The van der Waals surface area contributed by atoms with E-state index in [4.69, 9.17) is 13.3 Å². The zero-order valence-electron chi connectivity index (χ0n) is 31.8. The second-order valence-corrected chi connectivity index (χ2v) is 12.8. The summed E-state index contributed by atoms with van der Waals surface area (Å²) >= 11 is 0. The van der Waals surface area contributed by atoms with Crippen LogP contribution in [0.4, 0.5) is 0 Å². The predicted molar refractivity (Wildman–Crippen MR) is 216 cm³/mol. The number of carbonyl (C=O) groups excluding carboxylic acids is 2. The number of carbonyl (C=O) groups is 2. The molecule has 6 aromatic heterocycles. The summed E-state index contributed by atoms with van der Waals surface area (Å²) in [5.74, 6) is -0.375. The number of fused-ring (bicyclic) bond motifs is 3. The Bertz CT molecular complexity index is 2380. The van der Waals surface area contributed by atoms with Gasteiger partial charge >= 0.3 is 11.6 Å². The fourth-order valence-corrected chi connectivity index (χ4v) is 5.64. The van der Waals surface area contributed by atoms with Crippen molar-refractivity contribution < 1.29 is 63.1 Å². The molecule has 0 aliphatic heterocycles. The molecule has 9 rings (SSSR count). The molecule has 290 valence electrons. The Morgan fingerprint density at radius 1 is 0.491 bits per heavy atom. The number of benzene rings is 3. The van der Waals surface area contributed by atoms with E-state index in [2.05, 4.69) is 70.4 Å². The SMILES string of the molecule is CC(=O)[CH+]C(C)=O.Cc1c[c-]c(-c2nccc3occc23)cc1.Cc1c[c-]c(-c2nccc3occc23)cc1.Cc1ccc(-c2nccc3occc23)cc1.[Ir].[Ir]. The molecule has 0 amide bonds. The van der Waals surface area contributed by atoms with Crippen LogP contribution in [0.2, 0.25) is 0 Å². The van der Waals surface area contributed by atoms with E-state index >= 15 is 0 Å². The second kappa shape index (κ2) is 21.0. The summed E-state index contributed by atoms with van der Waals surface area (Å²) in [5, 5.41) is 3.12. The van der Waals surface area contributed by atoms with Gasteiger partial charge in [-0.25, -0.2) is 9.59 Å². The van der Waals surface area contributed by atoms with Crippen molar-refractivity contribution in [3.8, 4) is 33.8 Å². The van der Waals surface area contributed by atoms with Crippen LogP contribution in [0, 0.1) is 39.3 Å². The van der Waals surface area contributed by atoms with E-state index in [1.807, 2.05) is 74.5 Å². The number of nitrogens with zero attached hydrogens (tertiary/aromatic N) is 3. The number of pyridine rings is 3. The predicted octanol–water partition coefficient (Wildman–Crippen LogP) is 11.4. The summed E-state index contributed by atoms with van der Waals surface area (Å²) in [5.41, 5.74) is 12.2. The summed E-state index contributed by atoms with van der Waals surface area (Å²) in [7, 11) is 0. The molecule has 9 aromatic rings. The summed E-state index contributed by atoms with van der Waals surface area (Å²) in [6.45, 7) is 8.87. The van der Waals surface area contributed by atoms with Gasteiger partial charge in [-0.15, -0.1) is 70.8 Å². The van der Waals surface area contributed by atoms with Crippen LogP contribution >= 0.6 is 0 Å². The van der Waals surface area contributed by atoms with Crippen molar-refractivity contribution in [1.82, 2.24) is 15.0 Å². The molecule has 2 radical (unpaired) electrons. The van der Waals surface area contributed by atoms with E-state index in [0.29, 0.717) is 0 Å². The number of Topliss-reactive ketones (excluding diaryl/α,β-unsaturated/α-hetero) is 2. The van der Waals surface area contributed by atoms with E-state index in [-0.39, 0.29) is 51.8 Å². The Kier molecular flexibility index (Phi) is 16.2. The van der Waals surface area contributed by atoms with Gasteiger partial charge in [0.1, 0.15) is 16.7 Å². The smallest absolute Gasteiger partial charge is 0.312 e. The first-order valence-corrected chi connectivity index (χ1v) is 17.5. The molecule has 0 aliphatic rings. The normalized spacial score (nSPS) is 10.1. The first kappa shape index (κ1) is 44.0. The summed E-state index contributed by atoms with van der Waals surface area (Å²) < 4.78 is 16.1. The Balaban J connectivity index is 0.000000172. The number of hydrogen-bond acceptors (Lipinski definition) is 8. The van der Waals surface area contributed by atoms with Crippen LogP contribution in [0.5, 0.6) is 0 Å². The maximum atomic E-state index is 9.98. The minimum absolute atomic E-state index is 0. The summed E-state index contributed by atoms with van der Waals surface area (Å²) in [6, 6.07) is 38.4. The van der Waals surface area contributed by atoms with Gasteiger partial charge in [0.2, 0.25) is 6.42 Å². The van der Waals surface area contributed by atoms with Gasteiger partial charge in [-0.1, -0.05) is 43.7 Å². The van der Waals surface area contributed by atoms with Crippen molar-refractivity contribution in [1.29, 1.82) is 0 Å². The number of aromatic nitrogens is 3. The van der Waals surface area contributed by atoms with Crippen LogP contribution in [-0.4, -0.2) is 26.5 Å². The first-order valence-electron chi connectivity index (χ1n) is 17.5. The largest absolute Gasteiger partial charge is 0.465 e. The minimum Gasteiger partial charge on any atom is -0.465 e. The number of hydrogen-bond donors (Lipinski definition) is 0. The van der Waals surface area contributed by atoms with Crippen molar-refractivity contribution >= 4 is 44.5 Å². The molecule has 0 saturated carbocycles. The van der Waals surface area contributed by atoms with Gasteiger partial charge < -0.3 is 23.2 Å². The fraction of sp³-hybridized carbons (Fsp3) is 0.106. The standard InChI is InChI=1S/C14H11NO.2C14H10NO.C5H7O2.2Ir/c3*1-10-2-4-11(5-3-10)14-12-7-9-16-13(12)6-8-15-14;1-4(6)3-5(2)7;;/h2-9H,1H3;2*2-4,6-9H,1H3;3H,1-2H3;;/q;2*-1;+1;;. The molecular weight excluding hydrogens is 1070 g/mol. The molecule has 0 spiro atoms. The molecule has 0 saturated heterocycles. The van der Waals surface area contributed by atoms with Crippen molar-refractivity contribution in [3.05, 3.63) is 170 Å². The number of furan rings is 3. The molecular formula is C47H38Ir2N3O5-. The molecule has 57 heavy (non-hydrogen) atoms. The van der Waals surface area contributed by atoms with Gasteiger partial charge in [0.15, 0.2) is 0 Å². The maximum Gasteiger partial charge on any atom is 0.312 e. The maximum absolute atomic E-state index is 9.98. The first-order chi connectivity index (χ1) is 26.7. The Morgan fingerprint density at radius 2 is 0.860 bits per heavy atom. The van der Waals surface area contributed by atoms with E-state index < -0.39 is 0 Å². The van der Waals surface area contributed by atoms with Crippen LogP contribution in [-0.2, 0) is 49.8 Å². The van der Waals surface area contributed by atoms with Crippen LogP contribution in [0.25, 0.3) is 66.7 Å². The van der Waals surface area contributed by atoms with E-state index in [1.165, 1.54) is 30.5 Å². The van der Waals surface area contributed by atoms with Gasteiger partial charge in [-0.3, -0.25) is 4.98 Å². The van der Waals surface area contributed by atoms with Gasteiger partial charge in [0.25, 0.3) is 0 Å². The monoisotopic (exact) mass is 1110 g/mol. The molecule has 3 aromatic carbocycles. The number of ketones is 2. The van der Waals surface area contributed by atoms with Gasteiger partial charge in [-0.05, 0) is 54.7 Å². The van der Waals surface area contributed by atoms with Crippen molar-refractivity contribution in [2.24, 2.45) is 0 Å². The Labute approximate surface area is 358 Å². The molecule has 0 fully saturated rings. The Hall–Kier alpha value is -5.76. The molecule has 0 aliphatic carbocycles. The molecule has 0 N–H and O–H groups in total. The third-order valence-corrected chi connectivity index (χ3v) is 8.32. The molecule has 0 atom stereocenters. The summed E-state index contributed by atoms with van der Waals surface area (Å²) in [4.78, 5) is 33.2. The summed E-state index contributed by atoms with van der Waals surface area (Å²) in [6.07, 6.45) is 11.4. The van der Waals surface area contributed by atoms with E-state index in [1.54, 1.807) is 37.4 Å². The van der Waals surface area contributed by atoms with Gasteiger partial charge in [0, 0.05) is 94.4 Å². The van der Waals surface area contributed by atoms with Crippen molar-refractivity contribution in [3.63, 3.8) is 0 Å². The van der Waals surface area contributed by atoms with Crippen LogP contribution in [0.1, 0.15) is 30.5 Å².